The molecule has 6 nitrogen and oxygen atoms in total. The van der Waals surface area contributed by atoms with Gasteiger partial charge in [-0.2, -0.15) is 0 Å². The maximum Gasteiger partial charge on any atom is 0.305 e. The third-order valence-corrected chi connectivity index (χ3v) is 15.8. The summed E-state index contributed by atoms with van der Waals surface area (Å²) in [6, 6.07) is -0.624. The third-order valence-electron chi connectivity index (χ3n) is 15.8. The third kappa shape index (κ3) is 59.7. The lowest BCUT2D eigenvalue weighted by atomic mass is 10.0. The number of unbranched alkanes of at least 4 members (excludes halogenated alkanes) is 52. The summed E-state index contributed by atoms with van der Waals surface area (Å²) in [5.41, 5.74) is 0. The summed E-state index contributed by atoms with van der Waals surface area (Å²) < 4.78 is 5.49. The highest BCUT2D eigenvalue weighted by molar-refractivity contribution is 5.76. The van der Waals surface area contributed by atoms with Crippen LogP contribution < -0.4 is 5.32 Å². The first-order valence-corrected chi connectivity index (χ1v) is 33.5. The Bertz CT molecular complexity index is 1100. The van der Waals surface area contributed by atoms with E-state index in [-0.39, 0.29) is 18.5 Å². The lowest BCUT2D eigenvalue weighted by Crippen LogP contribution is -2.45. The predicted molar refractivity (Wildman–Crippen MR) is 320 cm³/mol. The van der Waals surface area contributed by atoms with Crippen molar-refractivity contribution in [2.75, 3.05) is 13.2 Å². The molecule has 0 aromatic heterocycles. The molecule has 0 rings (SSSR count). The molecule has 0 heterocycles. The quantitative estimate of drug-likeness (QED) is 0.0320. The normalized spacial score (nSPS) is 12.5. The second-order valence-electron chi connectivity index (χ2n) is 23.2. The van der Waals surface area contributed by atoms with Crippen LogP contribution in [0.5, 0.6) is 0 Å². The Labute approximate surface area is 457 Å². The number of nitrogens with one attached hydrogen (secondary N) is 1. The number of hydrogen-bond acceptors (Lipinski definition) is 5. The summed E-state index contributed by atoms with van der Waals surface area (Å²) in [4.78, 5) is 24.5. The Balaban J connectivity index is 3.33. The van der Waals surface area contributed by atoms with Crippen molar-refractivity contribution in [3.8, 4) is 0 Å². The molecule has 0 saturated carbocycles. The molecule has 3 N–H and O–H groups in total. The summed E-state index contributed by atoms with van der Waals surface area (Å²) >= 11 is 0. The van der Waals surface area contributed by atoms with Crippen molar-refractivity contribution in [1.82, 2.24) is 5.32 Å². The largest absolute Gasteiger partial charge is 0.466 e. The molecular formula is C67H131NO5. The molecule has 73 heavy (non-hydrogen) atoms. The van der Waals surface area contributed by atoms with Gasteiger partial charge in [0.05, 0.1) is 25.4 Å². The molecule has 0 radical (unpaired) electrons. The van der Waals surface area contributed by atoms with E-state index in [2.05, 4.69) is 19.2 Å². The molecule has 6 heteroatoms. The van der Waals surface area contributed by atoms with Crippen LogP contribution in [0, 0.1) is 0 Å². The van der Waals surface area contributed by atoms with Gasteiger partial charge in [-0.05, 0) is 32.1 Å². The molecule has 0 saturated heterocycles. The fourth-order valence-corrected chi connectivity index (χ4v) is 10.7. The van der Waals surface area contributed by atoms with E-state index in [1.165, 1.54) is 315 Å². The number of rotatable bonds is 63. The van der Waals surface area contributed by atoms with Crippen molar-refractivity contribution < 1.29 is 24.5 Å². The molecule has 0 spiro atoms. The Morgan fingerprint density at radius 2 is 0.630 bits per heavy atom. The lowest BCUT2D eigenvalue weighted by Gasteiger charge is -2.20. The van der Waals surface area contributed by atoms with Gasteiger partial charge in [0.25, 0.3) is 0 Å². The standard InChI is InChI=1S/C67H131NO5/c1-3-5-7-9-11-13-15-17-36-39-43-47-51-55-59-65(70)64(63-69)68-66(71)60-56-52-48-44-40-37-33-31-29-27-25-23-21-19-18-20-22-24-26-28-30-32-34-38-42-46-50-54-58-62-73-67(72)61-57-53-49-45-41-35-16-14-12-10-8-6-4-2/h55,59,64-65,69-70H,3-54,56-58,60-63H2,1-2H3,(H,68,71)/b59-55+. The minimum Gasteiger partial charge on any atom is -0.466 e. The number of aliphatic hydroxyl groups excluding tert-OH is 2. The van der Waals surface area contributed by atoms with E-state index in [1.807, 2.05) is 6.08 Å². The number of aliphatic hydroxyl groups is 2. The van der Waals surface area contributed by atoms with Gasteiger partial charge in [-0.15, -0.1) is 0 Å². The number of amides is 1. The molecule has 0 aromatic rings. The molecule has 1 amide bonds. The molecule has 0 bridgehead atoms. The summed E-state index contributed by atoms with van der Waals surface area (Å²) in [5, 5.41) is 23.1. The number of allylic oxidation sites excluding steroid dienone is 1. The number of ether oxygens (including phenoxy) is 1. The zero-order valence-electron chi connectivity index (χ0n) is 49.6. The monoisotopic (exact) mass is 1030 g/mol. The van der Waals surface area contributed by atoms with Crippen molar-refractivity contribution in [1.29, 1.82) is 0 Å². The van der Waals surface area contributed by atoms with Crippen LogP contribution in [0.3, 0.4) is 0 Å². The van der Waals surface area contributed by atoms with Crippen LogP contribution in [-0.4, -0.2) is 47.4 Å². The first-order chi connectivity index (χ1) is 36.0. The molecule has 0 aromatic carbocycles. The predicted octanol–water partition coefficient (Wildman–Crippen LogP) is 21.2. The van der Waals surface area contributed by atoms with Crippen LogP contribution in [0.15, 0.2) is 12.2 Å². The van der Waals surface area contributed by atoms with Gasteiger partial charge in [0.1, 0.15) is 0 Å². The first-order valence-electron chi connectivity index (χ1n) is 33.5. The van der Waals surface area contributed by atoms with Crippen LogP contribution in [0.25, 0.3) is 0 Å². The number of hydrogen-bond donors (Lipinski definition) is 3. The molecule has 2 atom stereocenters. The van der Waals surface area contributed by atoms with E-state index in [9.17, 15) is 19.8 Å². The summed E-state index contributed by atoms with van der Waals surface area (Å²) in [5.74, 6) is -0.0408. The summed E-state index contributed by atoms with van der Waals surface area (Å²) in [7, 11) is 0. The highest BCUT2D eigenvalue weighted by Crippen LogP contribution is 2.19. The van der Waals surface area contributed by atoms with Crippen LogP contribution in [0.2, 0.25) is 0 Å². The molecule has 0 aliphatic heterocycles. The summed E-state index contributed by atoms with van der Waals surface area (Å²) in [6.45, 7) is 4.94. The Morgan fingerprint density at radius 3 is 0.932 bits per heavy atom. The average molecular weight is 1030 g/mol. The van der Waals surface area contributed by atoms with Gasteiger partial charge in [-0.25, -0.2) is 0 Å². The zero-order chi connectivity index (χ0) is 52.9. The van der Waals surface area contributed by atoms with Gasteiger partial charge >= 0.3 is 5.97 Å². The SMILES string of the molecule is CCCCCCCCCCCCCC/C=C/C(O)C(CO)NC(=O)CCCCCCCCCCCCCCCCCCCCCCCCCCCCCCCOC(=O)CCCCCCCCCCCCCCC. The Morgan fingerprint density at radius 1 is 0.370 bits per heavy atom. The highest BCUT2D eigenvalue weighted by Gasteiger charge is 2.18. The van der Waals surface area contributed by atoms with E-state index in [0.29, 0.717) is 19.4 Å². The molecule has 2 unspecified atom stereocenters. The van der Waals surface area contributed by atoms with E-state index >= 15 is 0 Å². The lowest BCUT2D eigenvalue weighted by molar-refractivity contribution is -0.143. The van der Waals surface area contributed by atoms with E-state index < -0.39 is 12.1 Å². The fourth-order valence-electron chi connectivity index (χ4n) is 10.7. The topological polar surface area (TPSA) is 95.9 Å². The van der Waals surface area contributed by atoms with Gasteiger partial charge in [0.15, 0.2) is 0 Å². The molecular weight excluding hydrogens is 899 g/mol. The second kappa shape index (κ2) is 63.1. The van der Waals surface area contributed by atoms with Crippen LogP contribution >= 0.6 is 0 Å². The maximum atomic E-state index is 12.5. The number of carbonyl (C=O) groups is 2. The Hall–Kier alpha value is -1.40. The van der Waals surface area contributed by atoms with E-state index in [4.69, 9.17) is 4.74 Å². The van der Waals surface area contributed by atoms with Crippen molar-refractivity contribution in [2.24, 2.45) is 0 Å². The molecule has 0 fully saturated rings. The average Bonchev–Trinajstić information content (AvgIpc) is 3.39. The minimum atomic E-state index is -0.840. The van der Waals surface area contributed by atoms with Gasteiger partial charge in [-0.3, -0.25) is 9.59 Å². The van der Waals surface area contributed by atoms with Crippen LogP contribution in [0.4, 0.5) is 0 Å². The molecule has 0 aliphatic carbocycles. The minimum absolute atomic E-state index is 0.0213. The van der Waals surface area contributed by atoms with Gasteiger partial charge in [0, 0.05) is 12.8 Å². The Kier molecular flexibility index (Phi) is 61.9. The summed E-state index contributed by atoms with van der Waals surface area (Å²) in [6.07, 6.45) is 77.1. The van der Waals surface area contributed by atoms with Crippen molar-refractivity contribution in [3.05, 3.63) is 12.2 Å². The van der Waals surface area contributed by atoms with Crippen molar-refractivity contribution in [2.45, 2.75) is 392 Å². The number of carbonyl (C=O) groups excluding carboxylic acids is 2. The highest BCUT2D eigenvalue weighted by atomic mass is 16.5. The van der Waals surface area contributed by atoms with Crippen molar-refractivity contribution in [3.63, 3.8) is 0 Å². The first kappa shape index (κ1) is 71.6. The fraction of sp³-hybridized carbons (Fsp3) is 0.940. The van der Waals surface area contributed by atoms with Gasteiger partial charge < -0.3 is 20.3 Å². The smallest absolute Gasteiger partial charge is 0.305 e. The van der Waals surface area contributed by atoms with E-state index in [0.717, 1.165) is 38.5 Å². The van der Waals surface area contributed by atoms with Gasteiger partial charge in [-0.1, -0.05) is 347 Å². The molecule has 0 aliphatic rings. The second-order valence-corrected chi connectivity index (χ2v) is 23.2. The zero-order valence-corrected chi connectivity index (χ0v) is 49.6. The maximum absolute atomic E-state index is 12.5. The van der Waals surface area contributed by atoms with Gasteiger partial charge in [0.2, 0.25) is 5.91 Å². The van der Waals surface area contributed by atoms with Crippen molar-refractivity contribution >= 4 is 11.9 Å². The number of esters is 1. The van der Waals surface area contributed by atoms with Crippen LogP contribution in [0.1, 0.15) is 380 Å². The van der Waals surface area contributed by atoms with E-state index in [1.54, 1.807) is 6.08 Å². The van der Waals surface area contributed by atoms with Crippen LogP contribution in [-0.2, 0) is 14.3 Å². The molecule has 434 valence electrons.